The Bertz CT molecular complexity index is 1220. The minimum atomic E-state index is -3.83. The summed E-state index contributed by atoms with van der Waals surface area (Å²) in [6.07, 6.45) is 1.04. The number of nitrogens with one attached hydrogen (secondary N) is 1. The van der Waals surface area contributed by atoms with E-state index in [2.05, 4.69) is 10.4 Å². The number of hydrogen-bond acceptors (Lipinski definition) is 6. The van der Waals surface area contributed by atoms with Gasteiger partial charge in [0, 0.05) is 12.6 Å². The zero-order chi connectivity index (χ0) is 21.7. The Morgan fingerprint density at radius 1 is 1.27 bits per heavy atom. The number of carbonyl (C=O) groups excluding carboxylic acids is 1. The van der Waals surface area contributed by atoms with Crippen LogP contribution >= 0.6 is 0 Å². The number of carbonyl (C=O) groups is 1. The maximum absolute atomic E-state index is 13.4. The summed E-state index contributed by atoms with van der Waals surface area (Å²) in [5, 5.41) is 6.99. The molecule has 1 amide bonds. The second-order valence-electron chi connectivity index (χ2n) is 7.78. The second-order valence-corrected chi connectivity index (χ2v) is 11.8. The quantitative estimate of drug-likeness (QED) is 0.708. The summed E-state index contributed by atoms with van der Waals surface area (Å²) in [6.45, 7) is 3.43. The van der Waals surface area contributed by atoms with E-state index in [1.54, 1.807) is 19.9 Å². The van der Waals surface area contributed by atoms with Crippen molar-refractivity contribution >= 4 is 31.5 Å². The van der Waals surface area contributed by atoms with E-state index in [1.165, 1.54) is 8.99 Å². The van der Waals surface area contributed by atoms with Crippen molar-refractivity contribution in [2.45, 2.75) is 44.2 Å². The molecule has 2 aromatic rings. The molecule has 0 radical (unpaired) electrons. The first-order valence-corrected chi connectivity index (χ1v) is 13.0. The van der Waals surface area contributed by atoms with E-state index in [9.17, 15) is 21.6 Å². The van der Waals surface area contributed by atoms with Crippen LogP contribution in [0.25, 0.3) is 0 Å². The van der Waals surface area contributed by atoms with Crippen LogP contribution in [0.4, 0.5) is 5.69 Å². The lowest BCUT2D eigenvalue weighted by atomic mass is 10.2. The molecule has 0 bridgehead atoms. The molecule has 1 N–H and O–H groups in total. The lowest BCUT2D eigenvalue weighted by molar-refractivity contribution is -0.122. The normalized spacial score (nSPS) is 20.3. The van der Waals surface area contributed by atoms with Crippen molar-refractivity contribution in [3.63, 3.8) is 0 Å². The number of fused-ring (bicyclic) bond motifs is 1. The van der Waals surface area contributed by atoms with Crippen LogP contribution in [0.2, 0.25) is 0 Å². The molecule has 3 heterocycles. The third-order valence-corrected chi connectivity index (χ3v) is 9.43. The summed E-state index contributed by atoms with van der Waals surface area (Å²) < 4.78 is 52.7. The molecule has 1 aromatic heterocycles. The fourth-order valence-electron chi connectivity index (χ4n) is 4.19. The van der Waals surface area contributed by atoms with Gasteiger partial charge in [-0.25, -0.2) is 16.8 Å². The van der Waals surface area contributed by atoms with Gasteiger partial charge in [0.1, 0.15) is 11.4 Å². The van der Waals surface area contributed by atoms with E-state index in [0.717, 1.165) is 5.56 Å². The molecule has 0 saturated carbocycles. The molecule has 1 saturated heterocycles. The molecule has 162 valence electrons. The van der Waals surface area contributed by atoms with Gasteiger partial charge in [-0.05, 0) is 38.3 Å². The minimum absolute atomic E-state index is 0.0656. The van der Waals surface area contributed by atoms with Gasteiger partial charge in [-0.2, -0.15) is 5.10 Å². The lowest BCUT2D eigenvalue weighted by Crippen LogP contribution is -2.38. The van der Waals surface area contributed by atoms with Crippen molar-refractivity contribution in [1.82, 2.24) is 15.1 Å². The van der Waals surface area contributed by atoms with Gasteiger partial charge in [0.25, 0.3) is 10.0 Å². The Kier molecular flexibility index (Phi) is 5.13. The molecular weight excluding hydrogens is 428 g/mol. The molecule has 0 spiro atoms. The number of aromatic nitrogens is 2. The number of nitrogens with zero attached hydrogens (tertiary/aromatic N) is 3. The second kappa shape index (κ2) is 7.38. The Morgan fingerprint density at radius 2 is 2.00 bits per heavy atom. The summed E-state index contributed by atoms with van der Waals surface area (Å²) in [4.78, 5) is 12.5. The monoisotopic (exact) mass is 452 g/mol. The van der Waals surface area contributed by atoms with Crippen LogP contribution in [-0.2, 0) is 37.6 Å². The van der Waals surface area contributed by atoms with Crippen LogP contribution in [0.1, 0.15) is 23.4 Å². The number of sulfonamides is 1. The van der Waals surface area contributed by atoms with E-state index in [4.69, 9.17) is 0 Å². The van der Waals surface area contributed by atoms with Gasteiger partial charge in [-0.1, -0.05) is 18.2 Å². The van der Waals surface area contributed by atoms with Gasteiger partial charge in [-0.3, -0.25) is 13.8 Å². The number of benzene rings is 1. The zero-order valence-electron chi connectivity index (χ0n) is 16.8. The highest BCUT2D eigenvalue weighted by molar-refractivity contribution is 7.93. The summed E-state index contributed by atoms with van der Waals surface area (Å²) >= 11 is 0. The van der Waals surface area contributed by atoms with Crippen molar-refractivity contribution in [2.24, 2.45) is 0 Å². The van der Waals surface area contributed by atoms with Gasteiger partial charge in [0.15, 0.2) is 9.84 Å². The fourth-order valence-corrected chi connectivity index (χ4v) is 7.75. The minimum Gasteiger partial charge on any atom is -0.351 e. The zero-order valence-corrected chi connectivity index (χ0v) is 18.5. The molecule has 0 unspecified atom stereocenters. The molecule has 2 aliphatic rings. The van der Waals surface area contributed by atoms with Gasteiger partial charge in [-0.15, -0.1) is 0 Å². The Labute approximate surface area is 176 Å². The summed E-state index contributed by atoms with van der Waals surface area (Å²) in [5.74, 6) is -0.389. The third-order valence-electron chi connectivity index (χ3n) is 5.60. The van der Waals surface area contributed by atoms with Gasteiger partial charge < -0.3 is 5.32 Å². The molecule has 4 rings (SSSR count). The molecule has 1 aromatic carbocycles. The largest absolute Gasteiger partial charge is 0.351 e. The van der Waals surface area contributed by atoms with Gasteiger partial charge >= 0.3 is 0 Å². The lowest BCUT2D eigenvalue weighted by Gasteiger charge is -2.19. The van der Waals surface area contributed by atoms with Crippen LogP contribution in [0.15, 0.2) is 29.2 Å². The number of sulfone groups is 1. The standard InChI is InChI=1S/C19H24N4O5S2/c1-13-19(30(27,28)23-9-7-15-5-3-4-6-17(15)23)14(2)22(21-13)11-18(24)20-16-8-10-29(25,26)12-16/h3-6,16H,7-12H2,1-2H3,(H,20,24)/t16-/m0/s1. The molecule has 11 heteroatoms. The molecule has 30 heavy (non-hydrogen) atoms. The first kappa shape index (κ1) is 20.9. The van der Waals surface area contributed by atoms with Crippen LogP contribution in [-0.4, -0.2) is 56.6 Å². The van der Waals surface area contributed by atoms with E-state index in [1.807, 2.05) is 18.2 Å². The van der Waals surface area contributed by atoms with E-state index in [-0.39, 0.29) is 22.9 Å². The fraction of sp³-hybridized carbons (Fsp3) is 0.474. The Hall–Kier alpha value is -2.40. The Morgan fingerprint density at radius 3 is 2.70 bits per heavy atom. The summed E-state index contributed by atoms with van der Waals surface area (Å²) in [5.41, 5.74) is 2.36. The van der Waals surface area contributed by atoms with Crippen molar-refractivity contribution in [2.75, 3.05) is 22.4 Å². The van der Waals surface area contributed by atoms with E-state index < -0.39 is 31.8 Å². The number of para-hydroxylation sites is 1. The van der Waals surface area contributed by atoms with Gasteiger partial charge in [0.2, 0.25) is 5.91 Å². The highest BCUT2D eigenvalue weighted by Crippen LogP contribution is 2.34. The number of rotatable bonds is 5. The van der Waals surface area contributed by atoms with Crippen LogP contribution in [0.3, 0.4) is 0 Å². The third kappa shape index (κ3) is 3.71. The van der Waals surface area contributed by atoms with Crippen LogP contribution < -0.4 is 9.62 Å². The van der Waals surface area contributed by atoms with Crippen molar-refractivity contribution in [3.8, 4) is 0 Å². The average Bonchev–Trinajstić information content (AvgIpc) is 3.31. The molecule has 1 fully saturated rings. The van der Waals surface area contributed by atoms with Gasteiger partial charge in [0.05, 0.1) is 28.6 Å². The predicted octanol–water partition coefficient (Wildman–Crippen LogP) is 0.555. The highest BCUT2D eigenvalue weighted by Gasteiger charge is 2.35. The van der Waals surface area contributed by atoms with Crippen LogP contribution in [0.5, 0.6) is 0 Å². The highest BCUT2D eigenvalue weighted by atomic mass is 32.2. The van der Waals surface area contributed by atoms with Crippen molar-refractivity contribution < 1.29 is 21.6 Å². The average molecular weight is 453 g/mol. The molecule has 0 aliphatic carbocycles. The molecule has 1 atom stereocenters. The number of anilines is 1. The van der Waals surface area contributed by atoms with E-state index >= 15 is 0 Å². The molecule has 2 aliphatic heterocycles. The predicted molar refractivity (Wildman–Crippen MR) is 112 cm³/mol. The first-order chi connectivity index (χ1) is 14.1. The number of amides is 1. The first-order valence-electron chi connectivity index (χ1n) is 9.73. The summed E-state index contributed by atoms with van der Waals surface area (Å²) in [7, 11) is -6.93. The SMILES string of the molecule is Cc1nn(CC(=O)N[C@H]2CCS(=O)(=O)C2)c(C)c1S(=O)(=O)N1CCc2ccccc21. The molecular formula is C19H24N4O5S2. The smallest absolute Gasteiger partial charge is 0.268 e. The topological polar surface area (TPSA) is 118 Å². The Balaban J connectivity index is 1.56. The maximum Gasteiger partial charge on any atom is 0.268 e. The van der Waals surface area contributed by atoms with Crippen molar-refractivity contribution in [3.05, 3.63) is 41.2 Å². The van der Waals surface area contributed by atoms with Crippen LogP contribution in [0, 0.1) is 13.8 Å². The number of aryl methyl sites for hydroxylation is 1. The van der Waals surface area contributed by atoms with E-state index in [0.29, 0.717) is 36.5 Å². The summed E-state index contributed by atoms with van der Waals surface area (Å²) in [6, 6.07) is 6.99. The molecule has 9 nitrogen and oxygen atoms in total. The maximum atomic E-state index is 13.4. The number of hydrogen-bond donors (Lipinski definition) is 1. The van der Waals surface area contributed by atoms with Crippen molar-refractivity contribution in [1.29, 1.82) is 0 Å².